The summed E-state index contributed by atoms with van der Waals surface area (Å²) in [5, 5.41) is 4.17. The van der Waals surface area contributed by atoms with Crippen molar-refractivity contribution in [2.75, 3.05) is 31.1 Å². The minimum absolute atomic E-state index is 0.00536. The van der Waals surface area contributed by atoms with Gasteiger partial charge in [0.25, 0.3) is 11.8 Å². The third-order valence-corrected chi connectivity index (χ3v) is 5.55. The second kappa shape index (κ2) is 7.35. The van der Waals surface area contributed by atoms with E-state index in [0.29, 0.717) is 43.7 Å². The fourth-order valence-corrected chi connectivity index (χ4v) is 3.82. The first kappa shape index (κ1) is 18.6. The van der Waals surface area contributed by atoms with Gasteiger partial charge in [0, 0.05) is 31.5 Å². The molecule has 0 atom stereocenters. The van der Waals surface area contributed by atoms with Gasteiger partial charge in [0.05, 0.1) is 23.9 Å². The van der Waals surface area contributed by atoms with Gasteiger partial charge in [0.15, 0.2) is 0 Å². The molecule has 1 aromatic carbocycles. The van der Waals surface area contributed by atoms with E-state index in [2.05, 4.69) is 5.10 Å². The summed E-state index contributed by atoms with van der Waals surface area (Å²) >= 11 is 0. The van der Waals surface area contributed by atoms with Crippen LogP contribution in [0.3, 0.4) is 0 Å². The van der Waals surface area contributed by atoms with Crippen molar-refractivity contribution in [2.24, 2.45) is 0 Å². The third kappa shape index (κ3) is 3.52. The number of aryl methyl sites for hydroxylation is 1. The van der Waals surface area contributed by atoms with Crippen molar-refractivity contribution in [3.05, 3.63) is 48.0 Å². The number of halogens is 1. The van der Waals surface area contributed by atoms with Crippen LogP contribution in [-0.4, -0.2) is 58.3 Å². The second-order valence-electron chi connectivity index (χ2n) is 7.30. The summed E-state index contributed by atoms with van der Waals surface area (Å²) in [6.45, 7) is 4.21. The number of carbonyl (C=O) groups is 2. The van der Waals surface area contributed by atoms with E-state index in [9.17, 15) is 14.0 Å². The number of carbonyl (C=O) groups excluding carboxylic acids is 2. The number of ether oxygens (including phenoxy) is 1. The van der Waals surface area contributed by atoms with Crippen LogP contribution in [0.15, 0.2) is 36.7 Å². The molecule has 2 aliphatic rings. The fourth-order valence-electron chi connectivity index (χ4n) is 3.82. The average molecular weight is 386 g/mol. The van der Waals surface area contributed by atoms with Gasteiger partial charge < -0.3 is 14.5 Å². The number of morpholine rings is 1. The molecule has 0 unspecified atom stereocenters. The van der Waals surface area contributed by atoms with Gasteiger partial charge >= 0.3 is 0 Å². The zero-order valence-corrected chi connectivity index (χ0v) is 15.8. The quantitative estimate of drug-likeness (QED) is 0.810. The minimum atomic E-state index is -0.479. The number of amides is 2. The third-order valence-electron chi connectivity index (χ3n) is 5.55. The Labute approximate surface area is 162 Å². The van der Waals surface area contributed by atoms with E-state index in [1.807, 2.05) is 11.8 Å². The Morgan fingerprint density at radius 2 is 1.96 bits per heavy atom. The van der Waals surface area contributed by atoms with Crippen LogP contribution in [-0.2, 0) is 16.1 Å². The molecule has 2 aromatic rings. The highest BCUT2D eigenvalue weighted by Crippen LogP contribution is 2.33. The molecule has 0 aliphatic carbocycles. The molecule has 1 spiro atoms. The molecule has 1 aromatic heterocycles. The molecule has 7 nitrogen and oxygen atoms in total. The van der Waals surface area contributed by atoms with Gasteiger partial charge in [-0.2, -0.15) is 5.10 Å². The van der Waals surface area contributed by atoms with Gasteiger partial charge in [-0.3, -0.25) is 14.3 Å². The molecule has 3 heterocycles. The highest BCUT2D eigenvalue weighted by molar-refractivity contribution is 5.95. The van der Waals surface area contributed by atoms with Crippen LogP contribution >= 0.6 is 0 Å². The van der Waals surface area contributed by atoms with Gasteiger partial charge in [0.2, 0.25) is 0 Å². The Hall–Kier alpha value is -2.74. The number of likely N-dealkylation sites (tertiary alicyclic amines) is 1. The van der Waals surface area contributed by atoms with Crippen molar-refractivity contribution in [2.45, 2.75) is 31.9 Å². The van der Waals surface area contributed by atoms with Crippen LogP contribution < -0.4 is 4.90 Å². The first-order valence-corrected chi connectivity index (χ1v) is 9.51. The first-order chi connectivity index (χ1) is 13.5. The lowest BCUT2D eigenvalue weighted by Crippen LogP contribution is -2.59. The molecular formula is C20H23FN4O3. The molecule has 2 saturated heterocycles. The largest absolute Gasteiger partial charge is 0.363 e. The molecule has 0 saturated carbocycles. The topological polar surface area (TPSA) is 67.7 Å². The average Bonchev–Trinajstić information content (AvgIpc) is 3.20. The van der Waals surface area contributed by atoms with Crippen molar-refractivity contribution >= 4 is 17.5 Å². The summed E-state index contributed by atoms with van der Waals surface area (Å²) < 4.78 is 20.9. The van der Waals surface area contributed by atoms with Crippen LogP contribution in [0.2, 0.25) is 0 Å². The molecule has 0 bridgehead atoms. The van der Waals surface area contributed by atoms with Gasteiger partial charge in [-0.05, 0) is 44.0 Å². The summed E-state index contributed by atoms with van der Waals surface area (Å²) in [6.07, 6.45) is 4.65. The summed E-state index contributed by atoms with van der Waals surface area (Å²) in [5.74, 6) is -0.503. The van der Waals surface area contributed by atoms with E-state index >= 15 is 0 Å². The highest BCUT2D eigenvalue weighted by atomic mass is 19.1. The summed E-state index contributed by atoms with van der Waals surface area (Å²) in [5.41, 5.74) is 0.775. The lowest BCUT2D eigenvalue weighted by Gasteiger charge is -2.46. The number of nitrogens with zero attached hydrogens (tertiary/aromatic N) is 4. The van der Waals surface area contributed by atoms with Gasteiger partial charge in [-0.25, -0.2) is 4.39 Å². The number of benzene rings is 1. The van der Waals surface area contributed by atoms with Gasteiger partial charge in [0.1, 0.15) is 12.4 Å². The monoisotopic (exact) mass is 386 g/mol. The predicted octanol–water partition coefficient (Wildman–Crippen LogP) is 2.08. The number of rotatable bonds is 3. The fraction of sp³-hybridized carbons (Fsp3) is 0.450. The van der Waals surface area contributed by atoms with Gasteiger partial charge in [-0.1, -0.05) is 0 Å². The Morgan fingerprint density at radius 3 is 2.61 bits per heavy atom. The SMILES string of the molecule is CCn1cc(C(=O)N2CCC3(CC2)CN(c2ccc(F)cc2)C(=O)CO3)cn1. The summed E-state index contributed by atoms with van der Waals surface area (Å²) in [6, 6.07) is 5.91. The Morgan fingerprint density at radius 1 is 1.25 bits per heavy atom. The zero-order valence-electron chi connectivity index (χ0n) is 15.8. The second-order valence-corrected chi connectivity index (χ2v) is 7.30. The van der Waals surface area contributed by atoms with Gasteiger partial charge in [-0.15, -0.1) is 0 Å². The molecule has 4 rings (SSSR count). The number of anilines is 1. The van der Waals surface area contributed by atoms with Crippen LogP contribution in [0.1, 0.15) is 30.1 Å². The van der Waals surface area contributed by atoms with E-state index in [1.165, 1.54) is 12.1 Å². The van der Waals surface area contributed by atoms with Crippen LogP contribution in [0.25, 0.3) is 0 Å². The standard InChI is InChI=1S/C20H23FN4O3/c1-2-24-12-15(11-22-24)19(27)23-9-7-20(8-10-23)14-25(18(26)13-28-20)17-5-3-16(21)4-6-17/h3-6,11-12H,2,7-10,13-14H2,1H3. The van der Waals surface area contributed by atoms with E-state index in [1.54, 1.807) is 34.1 Å². The summed E-state index contributed by atoms with van der Waals surface area (Å²) in [7, 11) is 0. The predicted molar refractivity (Wildman–Crippen MR) is 100 cm³/mol. The van der Waals surface area contributed by atoms with Crippen LogP contribution in [0.4, 0.5) is 10.1 Å². The number of hydrogen-bond donors (Lipinski definition) is 0. The molecule has 2 fully saturated rings. The van der Waals surface area contributed by atoms with Crippen molar-refractivity contribution in [3.8, 4) is 0 Å². The van der Waals surface area contributed by atoms with E-state index in [-0.39, 0.29) is 24.2 Å². The lowest BCUT2D eigenvalue weighted by molar-refractivity contribution is -0.143. The molecule has 148 valence electrons. The maximum atomic E-state index is 13.2. The van der Waals surface area contributed by atoms with Crippen molar-refractivity contribution < 1.29 is 18.7 Å². The molecule has 0 N–H and O–H groups in total. The van der Waals surface area contributed by atoms with E-state index in [0.717, 1.165) is 6.54 Å². The van der Waals surface area contributed by atoms with E-state index in [4.69, 9.17) is 4.74 Å². The lowest BCUT2D eigenvalue weighted by atomic mass is 9.88. The highest BCUT2D eigenvalue weighted by Gasteiger charge is 2.43. The van der Waals surface area contributed by atoms with Crippen LogP contribution in [0, 0.1) is 5.82 Å². The maximum Gasteiger partial charge on any atom is 0.257 e. The molecule has 28 heavy (non-hydrogen) atoms. The number of aromatic nitrogens is 2. The molecular weight excluding hydrogens is 363 g/mol. The Balaban J connectivity index is 1.43. The number of hydrogen-bond acceptors (Lipinski definition) is 4. The Bertz CT molecular complexity index is 872. The molecule has 8 heteroatoms. The smallest absolute Gasteiger partial charge is 0.257 e. The van der Waals surface area contributed by atoms with Crippen molar-refractivity contribution in [1.29, 1.82) is 0 Å². The molecule has 2 aliphatic heterocycles. The maximum absolute atomic E-state index is 13.2. The number of piperidine rings is 1. The zero-order chi connectivity index (χ0) is 19.7. The van der Waals surface area contributed by atoms with Crippen LogP contribution in [0.5, 0.6) is 0 Å². The normalized spacial score (nSPS) is 19.3. The molecule has 2 amide bonds. The summed E-state index contributed by atoms with van der Waals surface area (Å²) in [4.78, 5) is 28.5. The van der Waals surface area contributed by atoms with E-state index < -0.39 is 5.60 Å². The minimum Gasteiger partial charge on any atom is -0.363 e. The van der Waals surface area contributed by atoms with Crippen molar-refractivity contribution in [3.63, 3.8) is 0 Å². The first-order valence-electron chi connectivity index (χ1n) is 9.51. The Kier molecular flexibility index (Phi) is 4.89. The van der Waals surface area contributed by atoms with Crippen molar-refractivity contribution in [1.82, 2.24) is 14.7 Å². The molecule has 0 radical (unpaired) electrons.